The van der Waals surface area contributed by atoms with Gasteiger partial charge in [0, 0.05) is 13.6 Å². The van der Waals surface area contributed by atoms with Crippen LogP contribution in [0.4, 0.5) is 5.82 Å². The van der Waals surface area contributed by atoms with Crippen LogP contribution >= 0.6 is 11.8 Å². The minimum atomic E-state index is -0.157. The molecule has 0 aliphatic heterocycles. The van der Waals surface area contributed by atoms with E-state index in [-0.39, 0.29) is 5.91 Å². The quantitative estimate of drug-likeness (QED) is 0.704. The lowest BCUT2D eigenvalue weighted by molar-refractivity contribution is 0.0947. The second-order valence-corrected chi connectivity index (χ2v) is 4.83. The van der Waals surface area contributed by atoms with Gasteiger partial charge in [-0.1, -0.05) is 6.42 Å². The SMILES string of the molecule is CNc1cnc(C(=O)NCCCCCSC)cn1. The van der Waals surface area contributed by atoms with E-state index < -0.39 is 0 Å². The monoisotopic (exact) mass is 268 g/mol. The van der Waals surface area contributed by atoms with E-state index in [1.165, 1.54) is 18.4 Å². The largest absolute Gasteiger partial charge is 0.372 e. The Hall–Kier alpha value is -1.30. The number of thioether (sulfide) groups is 1. The van der Waals surface area contributed by atoms with Crippen LogP contribution in [0.2, 0.25) is 0 Å². The number of nitrogens with zero attached hydrogens (tertiary/aromatic N) is 2. The highest BCUT2D eigenvalue weighted by Crippen LogP contribution is 2.02. The molecular weight excluding hydrogens is 248 g/mol. The van der Waals surface area contributed by atoms with Crippen molar-refractivity contribution >= 4 is 23.5 Å². The van der Waals surface area contributed by atoms with E-state index in [1.807, 2.05) is 11.8 Å². The van der Waals surface area contributed by atoms with Gasteiger partial charge in [-0.3, -0.25) is 4.79 Å². The standard InChI is InChI=1S/C12H20N4OS/c1-13-11-9-15-10(8-16-11)12(17)14-6-4-3-5-7-18-2/h8-9H,3-7H2,1-2H3,(H,13,16)(H,14,17). The summed E-state index contributed by atoms with van der Waals surface area (Å²) in [6.07, 6.45) is 8.49. The van der Waals surface area contributed by atoms with Crippen LogP contribution in [0.1, 0.15) is 29.8 Å². The molecule has 0 aliphatic carbocycles. The number of unbranched alkanes of at least 4 members (excludes halogenated alkanes) is 2. The summed E-state index contributed by atoms with van der Waals surface area (Å²) in [6.45, 7) is 0.697. The van der Waals surface area contributed by atoms with Crippen molar-refractivity contribution in [2.75, 3.05) is 30.9 Å². The highest BCUT2D eigenvalue weighted by atomic mass is 32.2. The van der Waals surface area contributed by atoms with Gasteiger partial charge in [0.25, 0.3) is 5.91 Å². The highest BCUT2D eigenvalue weighted by molar-refractivity contribution is 7.98. The number of carbonyl (C=O) groups excluding carboxylic acids is 1. The molecule has 6 heteroatoms. The molecule has 0 unspecified atom stereocenters. The van der Waals surface area contributed by atoms with E-state index in [9.17, 15) is 4.79 Å². The highest BCUT2D eigenvalue weighted by Gasteiger charge is 2.06. The number of hydrogen-bond acceptors (Lipinski definition) is 5. The van der Waals surface area contributed by atoms with E-state index in [0.717, 1.165) is 12.8 Å². The van der Waals surface area contributed by atoms with Gasteiger partial charge in [0.15, 0.2) is 0 Å². The second-order valence-electron chi connectivity index (χ2n) is 3.85. The predicted octanol–water partition coefficient (Wildman–Crippen LogP) is 1.78. The van der Waals surface area contributed by atoms with Crippen LogP contribution in [0.3, 0.4) is 0 Å². The average Bonchev–Trinajstić information content (AvgIpc) is 2.42. The van der Waals surface area contributed by atoms with Crippen LogP contribution < -0.4 is 10.6 Å². The molecule has 0 fully saturated rings. The molecule has 0 saturated carbocycles. The Bertz CT molecular complexity index is 356. The minimum absolute atomic E-state index is 0.157. The van der Waals surface area contributed by atoms with Crippen molar-refractivity contribution in [2.45, 2.75) is 19.3 Å². The molecule has 0 spiro atoms. The first-order valence-electron chi connectivity index (χ1n) is 6.05. The Kier molecular flexibility index (Phi) is 7.17. The van der Waals surface area contributed by atoms with E-state index in [2.05, 4.69) is 26.9 Å². The number of anilines is 1. The summed E-state index contributed by atoms with van der Waals surface area (Å²) in [6, 6.07) is 0. The van der Waals surface area contributed by atoms with E-state index in [1.54, 1.807) is 13.2 Å². The minimum Gasteiger partial charge on any atom is -0.372 e. The number of hydrogen-bond donors (Lipinski definition) is 2. The van der Waals surface area contributed by atoms with Gasteiger partial charge in [0.2, 0.25) is 0 Å². The second kappa shape index (κ2) is 8.74. The lowest BCUT2D eigenvalue weighted by Gasteiger charge is -2.05. The fourth-order valence-corrected chi connectivity index (χ4v) is 1.91. The maximum atomic E-state index is 11.7. The molecule has 1 amide bonds. The molecule has 0 aromatic carbocycles. The van der Waals surface area contributed by atoms with Crippen LogP contribution in [0.15, 0.2) is 12.4 Å². The van der Waals surface area contributed by atoms with Gasteiger partial charge < -0.3 is 10.6 Å². The molecule has 0 aliphatic rings. The third-order valence-electron chi connectivity index (χ3n) is 2.45. The molecule has 18 heavy (non-hydrogen) atoms. The van der Waals surface area contributed by atoms with E-state index in [4.69, 9.17) is 0 Å². The first kappa shape index (κ1) is 14.8. The summed E-state index contributed by atoms with van der Waals surface area (Å²) in [5, 5.41) is 5.70. The van der Waals surface area contributed by atoms with E-state index in [0.29, 0.717) is 18.1 Å². The number of rotatable bonds is 8. The summed E-state index contributed by atoms with van der Waals surface area (Å²) in [5.74, 6) is 1.68. The van der Waals surface area contributed by atoms with Crippen molar-refractivity contribution in [1.29, 1.82) is 0 Å². The van der Waals surface area contributed by atoms with Crippen LogP contribution in [0, 0.1) is 0 Å². The summed E-state index contributed by atoms with van der Waals surface area (Å²) < 4.78 is 0. The molecule has 1 heterocycles. The zero-order chi connectivity index (χ0) is 13.2. The molecule has 1 aromatic rings. The van der Waals surface area contributed by atoms with Gasteiger partial charge in [-0.25, -0.2) is 9.97 Å². The van der Waals surface area contributed by atoms with Crippen molar-refractivity contribution in [3.63, 3.8) is 0 Å². The first-order valence-corrected chi connectivity index (χ1v) is 7.44. The Labute approximate surface area is 112 Å². The first-order chi connectivity index (χ1) is 8.77. The molecule has 2 N–H and O–H groups in total. The van der Waals surface area contributed by atoms with Gasteiger partial charge in [0.1, 0.15) is 11.5 Å². The van der Waals surface area contributed by atoms with Crippen LogP contribution in [0.5, 0.6) is 0 Å². The van der Waals surface area contributed by atoms with Gasteiger partial charge in [-0.2, -0.15) is 11.8 Å². The third kappa shape index (κ3) is 5.35. The molecule has 100 valence electrons. The van der Waals surface area contributed by atoms with Gasteiger partial charge in [-0.15, -0.1) is 0 Å². The summed E-state index contributed by atoms with van der Waals surface area (Å²) >= 11 is 1.85. The van der Waals surface area contributed by atoms with Crippen molar-refractivity contribution in [1.82, 2.24) is 15.3 Å². The fourth-order valence-electron chi connectivity index (χ4n) is 1.42. The Morgan fingerprint density at radius 2 is 2.11 bits per heavy atom. The molecular formula is C12H20N4OS. The summed E-state index contributed by atoms with van der Waals surface area (Å²) in [7, 11) is 1.76. The number of nitrogens with one attached hydrogen (secondary N) is 2. The molecule has 0 saturated heterocycles. The lowest BCUT2D eigenvalue weighted by Crippen LogP contribution is -2.25. The number of aromatic nitrogens is 2. The molecule has 1 rings (SSSR count). The van der Waals surface area contributed by atoms with Crippen LogP contribution in [-0.2, 0) is 0 Å². The Balaban J connectivity index is 2.23. The average molecular weight is 268 g/mol. The molecule has 1 aromatic heterocycles. The van der Waals surface area contributed by atoms with Crippen molar-refractivity contribution in [3.05, 3.63) is 18.1 Å². The van der Waals surface area contributed by atoms with Crippen molar-refractivity contribution < 1.29 is 4.79 Å². The zero-order valence-corrected chi connectivity index (χ0v) is 11.7. The maximum absolute atomic E-state index is 11.7. The molecule has 5 nitrogen and oxygen atoms in total. The van der Waals surface area contributed by atoms with Gasteiger partial charge in [-0.05, 0) is 24.9 Å². The molecule has 0 radical (unpaired) electrons. The lowest BCUT2D eigenvalue weighted by atomic mass is 10.2. The maximum Gasteiger partial charge on any atom is 0.271 e. The Morgan fingerprint density at radius 3 is 2.72 bits per heavy atom. The van der Waals surface area contributed by atoms with Gasteiger partial charge in [0.05, 0.1) is 12.4 Å². The number of amides is 1. The predicted molar refractivity (Wildman–Crippen MR) is 76.1 cm³/mol. The van der Waals surface area contributed by atoms with E-state index >= 15 is 0 Å². The number of carbonyl (C=O) groups is 1. The van der Waals surface area contributed by atoms with Crippen molar-refractivity contribution in [2.24, 2.45) is 0 Å². The third-order valence-corrected chi connectivity index (χ3v) is 3.15. The molecule has 0 bridgehead atoms. The van der Waals surface area contributed by atoms with Crippen LogP contribution in [-0.4, -0.2) is 41.5 Å². The normalized spacial score (nSPS) is 10.1. The van der Waals surface area contributed by atoms with Crippen molar-refractivity contribution in [3.8, 4) is 0 Å². The topological polar surface area (TPSA) is 66.9 Å². The van der Waals surface area contributed by atoms with Crippen LogP contribution in [0.25, 0.3) is 0 Å². The fraction of sp³-hybridized carbons (Fsp3) is 0.583. The summed E-state index contributed by atoms with van der Waals surface area (Å²) in [5.41, 5.74) is 0.359. The van der Waals surface area contributed by atoms with Gasteiger partial charge >= 0.3 is 0 Å². The Morgan fingerprint density at radius 1 is 1.28 bits per heavy atom. The smallest absolute Gasteiger partial charge is 0.271 e. The summed E-state index contributed by atoms with van der Waals surface area (Å²) in [4.78, 5) is 19.8. The molecule has 0 atom stereocenters. The zero-order valence-electron chi connectivity index (χ0n) is 10.9.